The number of rotatable bonds is 2. The molecule has 0 atom stereocenters. The molecule has 0 spiro atoms. The van der Waals surface area contributed by atoms with Crippen LogP contribution >= 0.6 is 27.3 Å². The van der Waals surface area contributed by atoms with Crippen LogP contribution in [0, 0.1) is 0 Å². The minimum absolute atomic E-state index is 0.131. The number of hydrogen-bond acceptors (Lipinski definition) is 4. The van der Waals surface area contributed by atoms with Crippen LogP contribution in [0.3, 0.4) is 0 Å². The van der Waals surface area contributed by atoms with Gasteiger partial charge in [-0.1, -0.05) is 0 Å². The third-order valence-corrected chi connectivity index (χ3v) is 4.15. The van der Waals surface area contributed by atoms with E-state index in [2.05, 4.69) is 15.9 Å². The highest BCUT2D eigenvalue weighted by Crippen LogP contribution is 2.25. The van der Waals surface area contributed by atoms with E-state index in [9.17, 15) is 14.4 Å². The van der Waals surface area contributed by atoms with E-state index in [1.807, 2.05) is 11.4 Å². The Balaban J connectivity index is 2.24. The van der Waals surface area contributed by atoms with Crippen molar-refractivity contribution < 1.29 is 14.4 Å². The zero-order chi connectivity index (χ0) is 11.9. The van der Waals surface area contributed by atoms with Gasteiger partial charge in [-0.15, -0.1) is 11.3 Å². The number of nitrogens with zero attached hydrogens (tertiary/aromatic N) is 2. The zero-order valence-electron chi connectivity index (χ0n) is 8.27. The van der Waals surface area contributed by atoms with Gasteiger partial charge in [0.05, 0.1) is 6.54 Å². The van der Waals surface area contributed by atoms with Gasteiger partial charge in [-0.05, 0) is 27.4 Å². The van der Waals surface area contributed by atoms with Gasteiger partial charge >= 0.3 is 17.8 Å². The largest absolute Gasteiger partial charge is 0.334 e. The first kappa shape index (κ1) is 11.3. The van der Waals surface area contributed by atoms with Crippen LogP contribution in [0.4, 0.5) is 4.79 Å². The quantitative estimate of drug-likeness (QED) is 0.613. The van der Waals surface area contributed by atoms with Crippen LogP contribution in [0.1, 0.15) is 4.88 Å². The van der Waals surface area contributed by atoms with E-state index in [1.165, 1.54) is 18.4 Å². The predicted molar refractivity (Wildman–Crippen MR) is 60.7 cm³/mol. The summed E-state index contributed by atoms with van der Waals surface area (Å²) in [6, 6.07) is 1.26. The molecule has 7 heteroatoms. The van der Waals surface area contributed by atoms with Gasteiger partial charge in [0.1, 0.15) is 0 Å². The molecule has 16 heavy (non-hydrogen) atoms. The molecule has 1 fully saturated rings. The summed E-state index contributed by atoms with van der Waals surface area (Å²) < 4.78 is 0.833. The number of likely N-dealkylation sites (N-methyl/N-ethyl adjacent to an activating group) is 1. The molecular formula is C9H7BrN2O3S. The molecule has 2 heterocycles. The fourth-order valence-corrected chi connectivity index (χ4v) is 2.80. The maximum absolute atomic E-state index is 11.6. The molecule has 1 aliphatic heterocycles. The van der Waals surface area contributed by atoms with Gasteiger partial charge in [-0.2, -0.15) is 0 Å². The summed E-state index contributed by atoms with van der Waals surface area (Å²) in [5.41, 5.74) is 0. The summed E-state index contributed by atoms with van der Waals surface area (Å²) in [5.74, 6) is -1.55. The second-order valence-corrected chi connectivity index (χ2v) is 5.08. The Morgan fingerprint density at radius 1 is 1.31 bits per heavy atom. The van der Waals surface area contributed by atoms with Gasteiger partial charge in [-0.25, -0.2) is 4.79 Å². The molecule has 1 saturated heterocycles. The molecule has 1 aliphatic rings. The molecule has 1 aromatic heterocycles. The molecule has 2 rings (SSSR count). The Kier molecular flexibility index (Phi) is 2.81. The van der Waals surface area contributed by atoms with Crippen LogP contribution < -0.4 is 0 Å². The molecule has 1 aromatic rings. The van der Waals surface area contributed by atoms with Crippen molar-refractivity contribution in [3.8, 4) is 0 Å². The monoisotopic (exact) mass is 302 g/mol. The van der Waals surface area contributed by atoms with E-state index < -0.39 is 17.8 Å². The maximum atomic E-state index is 11.6. The number of amides is 4. The molecule has 4 amide bonds. The summed E-state index contributed by atoms with van der Waals surface area (Å²) in [6.45, 7) is 0.131. The predicted octanol–water partition coefficient (Wildman–Crippen LogP) is 1.43. The number of hydrogen-bond donors (Lipinski definition) is 0. The molecular weight excluding hydrogens is 296 g/mol. The average Bonchev–Trinajstić information content (AvgIpc) is 2.73. The van der Waals surface area contributed by atoms with Crippen LogP contribution in [0.15, 0.2) is 15.9 Å². The number of halogens is 1. The van der Waals surface area contributed by atoms with Crippen molar-refractivity contribution in [2.24, 2.45) is 0 Å². The van der Waals surface area contributed by atoms with Crippen molar-refractivity contribution in [1.29, 1.82) is 0 Å². The lowest BCUT2D eigenvalue weighted by Crippen LogP contribution is -2.30. The molecule has 0 radical (unpaired) electrons. The van der Waals surface area contributed by atoms with Crippen LogP contribution in [-0.2, 0) is 16.1 Å². The van der Waals surface area contributed by atoms with Gasteiger partial charge in [0.25, 0.3) is 0 Å². The summed E-state index contributed by atoms with van der Waals surface area (Å²) in [7, 11) is 1.30. The summed E-state index contributed by atoms with van der Waals surface area (Å²) in [4.78, 5) is 36.9. The van der Waals surface area contributed by atoms with E-state index in [0.717, 1.165) is 19.1 Å². The van der Waals surface area contributed by atoms with E-state index in [4.69, 9.17) is 0 Å². The number of carbonyl (C=O) groups excluding carboxylic acids is 3. The van der Waals surface area contributed by atoms with Crippen molar-refractivity contribution in [3.63, 3.8) is 0 Å². The number of carbonyl (C=O) groups is 3. The summed E-state index contributed by atoms with van der Waals surface area (Å²) in [5, 5.41) is 1.84. The fraction of sp³-hybridized carbons (Fsp3) is 0.222. The number of thiophene rings is 1. The van der Waals surface area contributed by atoms with Gasteiger partial charge in [0, 0.05) is 16.4 Å². The Labute approximate surface area is 104 Å². The highest BCUT2D eigenvalue weighted by Gasteiger charge is 2.42. The molecule has 0 aliphatic carbocycles. The number of imide groups is 2. The molecule has 0 unspecified atom stereocenters. The van der Waals surface area contributed by atoms with Gasteiger partial charge < -0.3 is 0 Å². The van der Waals surface area contributed by atoms with Crippen molar-refractivity contribution in [2.75, 3.05) is 7.05 Å². The molecule has 0 aromatic carbocycles. The first-order valence-corrected chi connectivity index (χ1v) is 6.05. The Bertz CT molecular complexity index is 485. The summed E-state index contributed by atoms with van der Waals surface area (Å²) in [6.07, 6.45) is 0. The second-order valence-electron chi connectivity index (χ2n) is 3.23. The zero-order valence-corrected chi connectivity index (χ0v) is 10.7. The normalized spacial score (nSPS) is 16.5. The molecule has 84 valence electrons. The standard InChI is InChI=1S/C9H7BrN2O3S/c1-11-7(13)8(14)12(9(11)15)4-6-5(10)2-3-16-6/h2-3H,4H2,1H3. The lowest BCUT2D eigenvalue weighted by atomic mass is 10.4. The van der Waals surface area contributed by atoms with Crippen molar-refractivity contribution in [1.82, 2.24) is 9.80 Å². The molecule has 0 N–H and O–H groups in total. The van der Waals surface area contributed by atoms with Crippen LogP contribution in [-0.4, -0.2) is 34.7 Å². The van der Waals surface area contributed by atoms with E-state index in [1.54, 1.807) is 0 Å². The van der Waals surface area contributed by atoms with Gasteiger partial charge in [-0.3, -0.25) is 19.4 Å². The third-order valence-electron chi connectivity index (χ3n) is 2.24. The Morgan fingerprint density at radius 3 is 2.44 bits per heavy atom. The smallest absolute Gasteiger partial charge is 0.263 e. The van der Waals surface area contributed by atoms with Gasteiger partial charge in [0.2, 0.25) is 0 Å². The molecule has 0 saturated carbocycles. The summed E-state index contributed by atoms with van der Waals surface area (Å²) >= 11 is 4.73. The highest BCUT2D eigenvalue weighted by atomic mass is 79.9. The lowest BCUT2D eigenvalue weighted by molar-refractivity contribution is -0.143. The molecule has 5 nitrogen and oxygen atoms in total. The fourth-order valence-electron chi connectivity index (χ4n) is 1.33. The van der Waals surface area contributed by atoms with E-state index >= 15 is 0 Å². The lowest BCUT2D eigenvalue weighted by Gasteiger charge is -2.11. The van der Waals surface area contributed by atoms with E-state index in [-0.39, 0.29) is 6.54 Å². The van der Waals surface area contributed by atoms with Crippen molar-refractivity contribution in [2.45, 2.75) is 6.54 Å². The van der Waals surface area contributed by atoms with Gasteiger partial charge in [0.15, 0.2) is 0 Å². The minimum atomic E-state index is -0.780. The first-order chi connectivity index (χ1) is 7.52. The van der Waals surface area contributed by atoms with Crippen LogP contribution in [0.25, 0.3) is 0 Å². The Hall–Kier alpha value is -1.21. The number of urea groups is 1. The van der Waals surface area contributed by atoms with Crippen molar-refractivity contribution >= 4 is 45.1 Å². The van der Waals surface area contributed by atoms with Crippen molar-refractivity contribution in [3.05, 3.63) is 20.8 Å². The minimum Gasteiger partial charge on any atom is -0.263 e. The average molecular weight is 303 g/mol. The van der Waals surface area contributed by atoms with Crippen LogP contribution in [0.2, 0.25) is 0 Å². The third kappa shape index (κ3) is 1.65. The highest BCUT2D eigenvalue weighted by molar-refractivity contribution is 9.10. The van der Waals surface area contributed by atoms with Crippen LogP contribution in [0.5, 0.6) is 0 Å². The van der Waals surface area contributed by atoms with E-state index in [0.29, 0.717) is 0 Å². The SMILES string of the molecule is CN1C(=O)C(=O)N(Cc2sccc2Br)C1=O. The first-order valence-electron chi connectivity index (χ1n) is 4.37. The topological polar surface area (TPSA) is 57.7 Å². The second kappa shape index (κ2) is 3.99. The molecule has 0 bridgehead atoms. The maximum Gasteiger partial charge on any atom is 0.334 e. The Morgan fingerprint density at radius 2 is 2.00 bits per heavy atom.